The van der Waals surface area contributed by atoms with Gasteiger partial charge in [0.25, 0.3) is 5.91 Å². The third-order valence-corrected chi connectivity index (χ3v) is 5.02. The molecule has 0 saturated carbocycles. The predicted molar refractivity (Wildman–Crippen MR) is 129 cm³/mol. The molecular weight excluding hydrogens is 438 g/mol. The summed E-state index contributed by atoms with van der Waals surface area (Å²) in [6.45, 7) is 3.89. The van der Waals surface area contributed by atoms with Crippen LogP contribution in [0.15, 0.2) is 53.1 Å². The first-order valence-electron chi connectivity index (χ1n) is 10.6. The molecule has 0 aliphatic rings. The average Bonchev–Trinajstić information content (AvgIpc) is 3.35. The van der Waals surface area contributed by atoms with Gasteiger partial charge >= 0.3 is 0 Å². The maximum absolute atomic E-state index is 12.5. The number of methoxy groups -OCH3 is 2. The number of ether oxygens (including phenoxy) is 2. The van der Waals surface area contributed by atoms with Gasteiger partial charge in [0.05, 0.1) is 31.9 Å². The van der Waals surface area contributed by atoms with Crippen LogP contribution in [0, 0.1) is 13.8 Å². The van der Waals surface area contributed by atoms with Gasteiger partial charge in [-0.05, 0) is 37.6 Å². The van der Waals surface area contributed by atoms with E-state index in [1.807, 2.05) is 32.0 Å². The van der Waals surface area contributed by atoms with Gasteiger partial charge in [-0.1, -0.05) is 17.7 Å². The minimum absolute atomic E-state index is 0.00981. The molecule has 0 atom stereocenters. The number of hydrogen-bond donors (Lipinski definition) is 3. The Kier molecular flexibility index (Phi) is 7.92. The molecule has 0 unspecified atom stereocenters. The topological polar surface area (TPSA) is 119 Å². The quantitative estimate of drug-likeness (QED) is 0.427. The zero-order chi connectivity index (χ0) is 24.7. The van der Waals surface area contributed by atoms with Crippen LogP contribution in [-0.2, 0) is 9.59 Å². The molecule has 0 bridgehead atoms. The molecule has 3 aromatic rings. The van der Waals surface area contributed by atoms with Crippen molar-refractivity contribution >= 4 is 34.8 Å². The summed E-state index contributed by atoms with van der Waals surface area (Å²) >= 11 is 0. The van der Waals surface area contributed by atoms with Crippen LogP contribution in [-0.4, -0.2) is 31.9 Å². The molecule has 3 rings (SSSR count). The molecule has 9 nitrogen and oxygen atoms in total. The Labute approximate surface area is 197 Å². The number of benzene rings is 2. The number of amides is 3. The highest BCUT2D eigenvalue weighted by Crippen LogP contribution is 2.36. The summed E-state index contributed by atoms with van der Waals surface area (Å²) in [4.78, 5) is 37.1. The molecule has 0 aliphatic heterocycles. The molecule has 34 heavy (non-hydrogen) atoms. The Hall–Kier alpha value is -4.27. The number of furan rings is 1. The van der Waals surface area contributed by atoms with Crippen molar-refractivity contribution < 1.29 is 28.3 Å². The highest BCUT2D eigenvalue weighted by atomic mass is 16.5. The summed E-state index contributed by atoms with van der Waals surface area (Å²) in [7, 11) is 2.88. The van der Waals surface area contributed by atoms with E-state index < -0.39 is 5.91 Å². The number of aryl methyl sites for hydroxylation is 2. The van der Waals surface area contributed by atoms with Crippen molar-refractivity contribution in [3.8, 4) is 11.5 Å². The number of carbonyl (C=O) groups is 3. The van der Waals surface area contributed by atoms with E-state index in [1.165, 1.54) is 38.7 Å². The molecule has 0 radical (unpaired) electrons. The molecule has 3 amide bonds. The maximum atomic E-state index is 12.5. The van der Waals surface area contributed by atoms with Gasteiger partial charge in [-0.3, -0.25) is 14.4 Å². The Morgan fingerprint density at radius 3 is 1.91 bits per heavy atom. The van der Waals surface area contributed by atoms with Crippen LogP contribution in [0.1, 0.15) is 34.5 Å². The lowest BCUT2D eigenvalue weighted by Crippen LogP contribution is -2.18. The van der Waals surface area contributed by atoms with Crippen LogP contribution in [0.4, 0.5) is 17.1 Å². The summed E-state index contributed by atoms with van der Waals surface area (Å²) in [6, 6.07) is 11.9. The lowest BCUT2D eigenvalue weighted by molar-refractivity contribution is -0.121. The summed E-state index contributed by atoms with van der Waals surface area (Å²) in [5, 5.41) is 8.24. The monoisotopic (exact) mass is 465 g/mol. The van der Waals surface area contributed by atoms with Crippen molar-refractivity contribution in [2.75, 3.05) is 30.2 Å². The molecule has 2 aromatic carbocycles. The third-order valence-electron chi connectivity index (χ3n) is 5.02. The second-order valence-corrected chi connectivity index (χ2v) is 7.60. The fourth-order valence-electron chi connectivity index (χ4n) is 3.29. The molecular formula is C25H27N3O6. The number of nitrogens with one attached hydrogen (secondary N) is 3. The van der Waals surface area contributed by atoms with Gasteiger partial charge in [0.15, 0.2) is 5.76 Å². The van der Waals surface area contributed by atoms with Gasteiger partial charge in [-0.25, -0.2) is 0 Å². The van der Waals surface area contributed by atoms with Crippen molar-refractivity contribution in [1.82, 2.24) is 0 Å². The Morgan fingerprint density at radius 2 is 1.38 bits per heavy atom. The van der Waals surface area contributed by atoms with Crippen LogP contribution < -0.4 is 25.4 Å². The van der Waals surface area contributed by atoms with Crippen molar-refractivity contribution in [2.45, 2.75) is 26.7 Å². The van der Waals surface area contributed by atoms with E-state index in [0.29, 0.717) is 22.9 Å². The standard InChI is InChI=1S/C25H27N3O6/c1-15-7-8-17(16(2)12-15)26-23(29)9-10-24(30)27-18-13-22(33-4)19(14-21(18)32-3)28-25(31)20-6-5-11-34-20/h5-8,11-14H,9-10H2,1-4H3,(H,26,29)(H,27,30)(H,28,31). The second kappa shape index (κ2) is 11.0. The van der Waals surface area contributed by atoms with E-state index in [-0.39, 0.29) is 30.4 Å². The molecule has 9 heteroatoms. The number of hydrogen-bond acceptors (Lipinski definition) is 6. The van der Waals surface area contributed by atoms with Crippen molar-refractivity contribution in [1.29, 1.82) is 0 Å². The second-order valence-electron chi connectivity index (χ2n) is 7.60. The Balaban J connectivity index is 1.63. The largest absolute Gasteiger partial charge is 0.494 e. The molecule has 1 aromatic heterocycles. The van der Waals surface area contributed by atoms with Crippen LogP contribution >= 0.6 is 0 Å². The minimum atomic E-state index is -0.461. The number of carbonyl (C=O) groups excluding carboxylic acids is 3. The van der Waals surface area contributed by atoms with E-state index in [0.717, 1.165) is 16.8 Å². The zero-order valence-electron chi connectivity index (χ0n) is 19.5. The molecule has 0 fully saturated rings. The molecule has 178 valence electrons. The first-order chi connectivity index (χ1) is 16.3. The normalized spacial score (nSPS) is 10.4. The Bertz CT molecular complexity index is 1190. The summed E-state index contributed by atoms with van der Waals surface area (Å²) < 4.78 is 15.8. The fourth-order valence-corrected chi connectivity index (χ4v) is 3.29. The third kappa shape index (κ3) is 6.16. The summed E-state index contributed by atoms with van der Waals surface area (Å²) in [5.74, 6) is -0.340. The van der Waals surface area contributed by atoms with Crippen molar-refractivity contribution in [2.24, 2.45) is 0 Å². The van der Waals surface area contributed by atoms with Gasteiger partial charge < -0.3 is 29.8 Å². The van der Waals surface area contributed by atoms with Crippen LogP contribution in [0.25, 0.3) is 0 Å². The average molecular weight is 466 g/mol. The van der Waals surface area contributed by atoms with Crippen LogP contribution in [0.5, 0.6) is 11.5 Å². The van der Waals surface area contributed by atoms with Crippen LogP contribution in [0.2, 0.25) is 0 Å². The number of anilines is 3. The predicted octanol–water partition coefficient (Wildman–Crippen LogP) is 4.52. The van der Waals surface area contributed by atoms with Crippen molar-refractivity contribution in [3.05, 3.63) is 65.6 Å². The molecule has 3 N–H and O–H groups in total. The zero-order valence-corrected chi connectivity index (χ0v) is 19.5. The van der Waals surface area contributed by atoms with E-state index in [2.05, 4.69) is 16.0 Å². The highest BCUT2D eigenvalue weighted by molar-refractivity contribution is 6.04. The van der Waals surface area contributed by atoms with E-state index in [9.17, 15) is 14.4 Å². The van der Waals surface area contributed by atoms with Crippen molar-refractivity contribution in [3.63, 3.8) is 0 Å². The van der Waals surface area contributed by atoms with Gasteiger partial charge in [0, 0.05) is 30.7 Å². The van der Waals surface area contributed by atoms with Gasteiger partial charge in [-0.2, -0.15) is 0 Å². The summed E-state index contributed by atoms with van der Waals surface area (Å²) in [5.41, 5.74) is 3.45. The first-order valence-corrected chi connectivity index (χ1v) is 10.6. The minimum Gasteiger partial charge on any atom is -0.494 e. The Morgan fingerprint density at radius 1 is 0.794 bits per heavy atom. The SMILES string of the molecule is COc1cc(NC(=O)c2ccco2)c(OC)cc1NC(=O)CCC(=O)Nc1ccc(C)cc1C. The van der Waals surface area contributed by atoms with Crippen LogP contribution in [0.3, 0.4) is 0 Å². The van der Waals surface area contributed by atoms with E-state index in [1.54, 1.807) is 6.07 Å². The van der Waals surface area contributed by atoms with Gasteiger partial charge in [0.1, 0.15) is 11.5 Å². The molecule has 0 spiro atoms. The highest BCUT2D eigenvalue weighted by Gasteiger charge is 2.18. The maximum Gasteiger partial charge on any atom is 0.291 e. The molecule has 0 saturated heterocycles. The molecule has 1 heterocycles. The number of rotatable bonds is 9. The lowest BCUT2D eigenvalue weighted by Gasteiger charge is -2.16. The van der Waals surface area contributed by atoms with Gasteiger partial charge in [0.2, 0.25) is 11.8 Å². The summed E-state index contributed by atoms with van der Waals surface area (Å²) in [6.07, 6.45) is 1.38. The van der Waals surface area contributed by atoms with Gasteiger partial charge in [-0.15, -0.1) is 0 Å². The van der Waals surface area contributed by atoms with E-state index >= 15 is 0 Å². The lowest BCUT2D eigenvalue weighted by atomic mass is 10.1. The first kappa shape index (κ1) is 24.4. The smallest absolute Gasteiger partial charge is 0.291 e. The fraction of sp³-hybridized carbons (Fsp3) is 0.240. The molecule has 0 aliphatic carbocycles. The van der Waals surface area contributed by atoms with E-state index in [4.69, 9.17) is 13.9 Å².